The summed E-state index contributed by atoms with van der Waals surface area (Å²) in [4.78, 5) is 21.8. The van der Waals surface area contributed by atoms with Gasteiger partial charge in [-0.3, -0.25) is 4.79 Å². The summed E-state index contributed by atoms with van der Waals surface area (Å²) in [6.07, 6.45) is 2.67. The van der Waals surface area contributed by atoms with Gasteiger partial charge in [0.1, 0.15) is 0 Å². The molecule has 1 unspecified atom stereocenters. The van der Waals surface area contributed by atoms with Crippen molar-refractivity contribution in [1.29, 1.82) is 0 Å². The maximum atomic E-state index is 12.8. The van der Waals surface area contributed by atoms with E-state index in [1.54, 1.807) is 12.1 Å². The Labute approximate surface area is 205 Å². The van der Waals surface area contributed by atoms with Crippen LogP contribution in [0.15, 0.2) is 51.8 Å². The summed E-state index contributed by atoms with van der Waals surface area (Å²) in [6, 6.07) is 11.4. The topological polar surface area (TPSA) is 92.1 Å². The Morgan fingerprint density at radius 3 is 2.91 bits per heavy atom. The molecule has 0 saturated carbocycles. The Balaban J connectivity index is 1.26. The summed E-state index contributed by atoms with van der Waals surface area (Å²) in [6.45, 7) is 8.76. The zero-order chi connectivity index (χ0) is 24.0. The molecule has 1 aromatic carbocycles. The molecular formula is C26H33N5O4. The number of nitrogens with zero attached hydrogens (tertiary/aromatic N) is 3. The van der Waals surface area contributed by atoms with Crippen molar-refractivity contribution in [2.75, 3.05) is 74.2 Å². The Bertz CT molecular complexity index is 1190. The molecule has 2 aliphatic heterocycles. The second-order valence-corrected chi connectivity index (χ2v) is 8.82. The van der Waals surface area contributed by atoms with Crippen LogP contribution in [0.3, 0.4) is 0 Å². The van der Waals surface area contributed by atoms with E-state index < -0.39 is 0 Å². The fourth-order valence-electron chi connectivity index (χ4n) is 4.69. The quantitative estimate of drug-likeness (QED) is 0.506. The van der Waals surface area contributed by atoms with Gasteiger partial charge in [0, 0.05) is 57.6 Å². The van der Waals surface area contributed by atoms with E-state index in [2.05, 4.69) is 33.5 Å². The summed E-state index contributed by atoms with van der Waals surface area (Å²) in [5, 5.41) is 7.54. The van der Waals surface area contributed by atoms with E-state index in [1.807, 2.05) is 29.3 Å². The van der Waals surface area contributed by atoms with E-state index in [0.717, 1.165) is 44.1 Å². The van der Waals surface area contributed by atoms with Crippen LogP contribution in [0.4, 0.5) is 17.4 Å². The highest BCUT2D eigenvalue weighted by Crippen LogP contribution is 2.28. The normalized spacial score (nSPS) is 18.6. The summed E-state index contributed by atoms with van der Waals surface area (Å²) in [7, 11) is 0. The zero-order valence-electron chi connectivity index (χ0n) is 20.2. The number of aromatic nitrogens is 1. The number of morpholine rings is 1. The fourth-order valence-corrected chi connectivity index (χ4v) is 4.69. The van der Waals surface area contributed by atoms with Crippen molar-refractivity contribution >= 4 is 28.4 Å². The molecule has 0 amide bonds. The van der Waals surface area contributed by atoms with Gasteiger partial charge < -0.3 is 34.3 Å². The molecule has 0 radical (unpaired) electrons. The number of rotatable bonds is 8. The van der Waals surface area contributed by atoms with Crippen LogP contribution in [0.5, 0.6) is 5.75 Å². The number of anilines is 3. The molecule has 35 heavy (non-hydrogen) atoms. The van der Waals surface area contributed by atoms with Gasteiger partial charge >= 0.3 is 0 Å². The highest BCUT2D eigenvalue weighted by molar-refractivity contribution is 5.83. The van der Waals surface area contributed by atoms with Crippen molar-refractivity contribution in [3.63, 3.8) is 0 Å². The van der Waals surface area contributed by atoms with Gasteiger partial charge in [-0.15, -0.1) is 0 Å². The summed E-state index contributed by atoms with van der Waals surface area (Å²) in [5.74, 6) is 2.16. The Hall–Kier alpha value is -3.30. The SMILES string of the molecule is CCNc1cccnc1N1CCNC(CCOc2cccc3c(=O)cc(N4CCOCC4)oc23)C1. The fraction of sp³-hybridized carbons (Fsp3) is 0.462. The summed E-state index contributed by atoms with van der Waals surface area (Å²) >= 11 is 0. The van der Waals surface area contributed by atoms with Gasteiger partial charge in [-0.2, -0.15) is 0 Å². The van der Waals surface area contributed by atoms with Crippen LogP contribution in [0, 0.1) is 0 Å². The molecule has 4 heterocycles. The molecule has 3 aromatic rings. The van der Waals surface area contributed by atoms with Crippen LogP contribution < -0.4 is 30.6 Å². The predicted molar refractivity (Wildman–Crippen MR) is 138 cm³/mol. The van der Waals surface area contributed by atoms with Crippen molar-refractivity contribution in [2.45, 2.75) is 19.4 Å². The highest BCUT2D eigenvalue weighted by atomic mass is 16.5. The third kappa shape index (κ3) is 5.36. The molecule has 2 aromatic heterocycles. The minimum absolute atomic E-state index is 0.0605. The molecular weight excluding hydrogens is 446 g/mol. The molecule has 5 rings (SSSR count). The average molecular weight is 480 g/mol. The molecule has 0 spiro atoms. The van der Waals surface area contributed by atoms with E-state index in [1.165, 1.54) is 0 Å². The largest absolute Gasteiger partial charge is 0.490 e. The van der Waals surface area contributed by atoms with Gasteiger partial charge in [-0.1, -0.05) is 6.07 Å². The third-order valence-electron chi connectivity index (χ3n) is 6.46. The first-order valence-electron chi connectivity index (χ1n) is 12.4. The number of benzene rings is 1. The summed E-state index contributed by atoms with van der Waals surface area (Å²) < 4.78 is 17.8. The van der Waals surface area contributed by atoms with Crippen molar-refractivity contribution < 1.29 is 13.9 Å². The number of piperazine rings is 1. The lowest BCUT2D eigenvalue weighted by atomic mass is 10.1. The van der Waals surface area contributed by atoms with Crippen molar-refractivity contribution in [2.24, 2.45) is 0 Å². The molecule has 9 heteroatoms. The predicted octanol–water partition coefficient (Wildman–Crippen LogP) is 2.70. The first kappa shape index (κ1) is 23.4. The Morgan fingerprint density at radius 2 is 2.06 bits per heavy atom. The second kappa shape index (κ2) is 11.0. The van der Waals surface area contributed by atoms with Gasteiger partial charge in [-0.05, 0) is 37.6 Å². The number of nitrogens with one attached hydrogen (secondary N) is 2. The van der Waals surface area contributed by atoms with Crippen molar-refractivity contribution in [3.8, 4) is 5.75 Å². The van der Waals surface area contributed by atoms with Gasteiger partial charge in [-0.25, -0.2) is 4.98 Å². The molecule has 0 bridgehead atoms. The maximum absolute atomic E-state index is 12.8. The monoisotopic (exact) mass is 479 g/mol. The molecule has 2 N–H and O–H groups in total. The molecule has 9 nitrogen and oxygen atoms in total. The van der Waals surface area contributed by atoms with Crippen LogP contribution in [-0.2, 0) is 4.74 Å². The molecule has 2 fully saturated rings. The lowest BCUT2D eigenvalue weighted by molar-refractivity contribution is 0.120. The van der Waals surface area contributed by atoms with Crippen LogP contribution >= 0.6 is 0 Å². The minimum Gasteiger partial charge on any atom is -0.490 e. The van der Waals surface area contributed by atoms with Gasteiger partial charge in [0.05, 0.1) is 30.9 Å². The standard InChI is InChI=1S/C26H33N5O4/c1-2-27-21-6-4-9-29-26(21)31-11-10-28-19(18-31)8-14-34-23-7-3-5-20-22(32)17-24(35-25(20)23)30-12-15-33-16-13-30/h3-7,9,17,19,27-28H,2,8,10-16,18H2,1H3. The zero-order valence-corrected chi connectivity index (χ0v) is 20.2. The Kier molecular flexibility index (Phi) is 7.34. The number of hydrogen-bond donors (Lipinski definition) is 2. The lowest BCUT2D eigenvalue weighted by Crippen LogP contribution is -2.51. The van der Waals surface area contributed by atoms with Crippen molar-refractivity contribution in [1.82, 2.24) is 10.3 Å². The van der Waals surface area contributed by atoms with Crippen LogP contribution in [-0.4, -0.2) is 70.1 Å². The first-order valence-corrected chi connectivity index (χ1v) is 12.4. The number of para-hydroxylation sites is 1. The number of hydrogen-bond acceptors (Lipinski definition) is 9. The minimum atomic E-state index is -0.0605. The smallest absolute Gasteiger partial charge is 0.200 e. The van der Waals surface area contributed by atoms with Gasteiger partial charge in [0.15, 0.2) is 28.5 Å². The Morgan fingerprint density at radius 1 is 1.17 bits per heavy atom. The third-order valence-corrected chi connectivity index (χ3v) is 6.46. The maximum Gasteiger partial charge on any atom is 0.200 e. The van der Waals surface area contributed by atoms with Crippen LogP contribution in [0.25, 0.3) is 11.0 Å². The first-order chi connectivity index (χ1) is 17.2. The molecule has 2 aliphatic rings. The van der Waals surface area contributed by atoms with E-state index in [4.69, 9.17) is 13.9 Å². The molecule has 186 valence electrons. The number of fused-ring (bicyclic) bond motifs is 1. The van der Waals surface area contributed by atoms with Gasteiger partial charge in [0.2, 0.25) is 0 Å². The second-order valence-electron chi connectivity index (χ2n) is 8.82. The van der Waals surface area contributed by atoms with E-state index >= 15 is 0 Å². The average Bonchev–Trinajstić information content (AvgIpc) is 2.90. The van der Waals surface area contributed by atoms with E-state index in [9.17, 15) is 4.79 Å². The van der Waals surface area contributed by atoms with Crippen LogP contribution in [0.2, 0.25) is 0 Å². The number of ether oxygens (including phenoxy) is 2. The lowest BCUT2D eigenvalue weighted by Gasteiger charge is -2.35. The van der Waals surface area contributed by atoms with Crippen molar-refractivity contribution in [3.05, 3.63) is 52.8 Å². The molecule has 2 saturated heterocycles. The van der Waals surface area contributed by atoms with Gasteiger partial charge in [0.25, 0.3) is 0 Å². The molecule has 1 atom stereocenters. The summed E-state index contributed by atoms with van der Waals surface area (Å²) in [5.41, 5.74) is 1.51. The van der Waals surface area contributed by atoms with E-state index in [0.29, 0.717) is 55.5 Å². The van der Waals surface area contributed by atoms with E-state index in [-0.39, 0.29) is 11.5 Å². The number of pyridine rings is 1. The molecule has 0 aliphatic carbocycles. The highest BCUT2D eigenvalue weighted by Gasteiger charge is 2.23. The van der Waals surface area contributed by atoms with Crippen LogP contribution in [0.1, 0.15) is 13.3 Å².